The van der Waals surface area contributed by atoms with Gasteiger partial charge in [-0.25, -0.2) is 0 Å². The van der Waals surface area contributed by atoms with E-state index in [4.69, 9.17) is 28.9 Å². The van der Waals surface area contributed by atoms with E-state index in [1.165, 1.54) is 5.56 Å². The molecular weight excluding hydrogens is 255 g/mol. The summed E-state index contributed by atoms with van der Waals surface area (Å²) in [5.74, 6) is 0.436. The van der Waals surface area contributed by atoms with Crippen molar-refractivity contribution in [1.82, 2.24) is 0 Å². The molecule has 1 unspecified atom stereocenters. The summed E-state index contributed by atoms with van der Waals surface area (Å²) in [6, 6.07) is 3.77. The Kier molecular flexibility index (Phi) is 4.18. The number of benzene rings is 1. The fourth-order valence-electron chi connectivity index (χ4n) is 2.65. The lowest BCUT2D eigenvalue weighted by Gasteiger charge is -2.24. The van der Waals surface area contributed by atoms with Crippen molar-refractivity contribution in [3.05, 3.63) is 27.7 Å². The molecule has 2 rings (SSSR count). The first-order valence-electron chi connectivity index (χ1n) is 6.04. The van der Waals surface area contributed by atoms with E-state index in [1.807, 2.05) is 12.1 Å². The number of nitrogens with two attached hydrogens (primary N) is 1. The molecule has 0 aliphatic carbocycles. The number of halogens is 2. The lowest BCUT2D eigenvalue weighted by Crippen LogP contribution is -2.18. The van der Waals surface area contributed by atoms with Crippen LogP contribution in [0.1, 0.15) is 30.7 Å². The normalized spacial score (nSPS) is 20.0. The topological polar surface area (TPSA) is 29.3 Å². The van der Waals surface area contributed by atoms with Crippen molar-refractivity contribution in [3.8, 4) is 0 Å². The molecule has 17 heavy (non-hydrogen) atoms. The van der Waals surface area contributed by atoms with Gasteiger partial charge in [0, 0.05) is 18.6 Å². The lowest BCUT2D eigenvalue weighted by molar-refractivity contribution is 0.576. The van der Waals surface area contributed by atoms with Gasteiger partial charge >= 0.3 is 0 Å². The fourth-order valence-corrected chi connectivity index (χ4v) is 3.27. The van der Waals surface area contributed by atoms with Crippen molar-refractivity contribution in [1.29, 1.82) is 0 Å². The van der Waals surface area contributed by atoms with Crippen LogP contribution in [-0.4, -0.2) is 20.1 Å². The van der Waals surface area contributed by atoms with Crippen LogP contribution in [0, 0.1) is 0 Å². The van der Waals surface area contributed by atoms with E-state index in [9.17, 15) is 0 Å². The quantitative estimate of drug-likeness (QED) is 0.891. The van der Waals surface area contributed by atoms with E-state index >= 15 is 0 Å². The van der Waals surface area contributed by atoms with Crippen LogP contribution in [-0.2, 0) is 0 Å². The van der Waals surface area contributed by atoms with Gasteiger partial charge in [0.15, 0.2) is 0 Å². The monoisotopic (exact) mass is 272 g/mol. The maximum Gasteiger partial charge on any atom is 0.0643 e. The third-order valence-corrected chi connectivity index (χ3v) is 4.10. The van der Waals surface area contributed by atoms with Gasteiger partial charge in [-0.3, -0.25) is 0 Å². The summed E-state index contributed by atoms with van der Waals surface area (Å²) in [6.07, 6.45) is 3.26. The largest absolute Gasteiger partial charge is 0.373 e. The SMILES string of the molecule is CN1CCCC(CCN)c2c(Cl)ccc(Cl)c21. The van der Waals surface area contributed by atoms with Crippen molar-refractivity contribution >= 4 is 28.9 Å². The Morgan fingerprint density at radius 2 is 2.06 bits per heavy atom. The van der Waals surface area contributed by atoms with E-state index in [2.05, 4.69) is 11.9 Å². The zero-order valence-electron chi connectivity index (χ0n) is 10.0. The molecule has 0 bridgehead atoms. The molecule has 1 aromatic carbocycles. The molecule has 2 N–H and O–H groups in total. The molecule has 1 aliphatic rings. The molecule has 0 aromatic heterocycles. The summed E-state index contributed by atoms with van der Waals surface area (Å²) in [7, 11) is 2.08. The average molecular weight is 273 g/mol. The highest BCUT2D eigenvalue weighted by Crippen LogP contribution is 2.43. The lowest BCUT2D eigenvalue weighted by atomic mass is 9.91. The number of anilines is 1. The third kappa shape index (κ3) is 2.54. The summed E-state index contributed by atoms with van der Waals surface area (Å²) in [5.41, 5.74) is 7.98. The standard InChI is InChI=1S/C13H18Cl2N2/c1-17-8-2-3-9(6-7-16)12-10(14)4-5-11(15)13(12)17/h4-5,9H,2-3,6-8,16H2,1H3. The highest BCUT2D eigenvalue weighted by Gasteiger charge is 2.25. The zero-order valence-corrected chi connectivity index (χ0v) is 11.6. The van der Waals surface area contributed by atoms with Crippen LogP contribution in [0.15, 0.2) is 12.1 Å². The first-order valence-corrected chi connectivity index (χ1v) is 6.80. The average Bonchev–Trinajstić information content (AvgIpc) is 2.46. The molecule has 0 spiro atoms. The second-order valence-corrected chi connectivity index (χ2v) is 5.44. The van der Waals surface area contributed by atoms with Crippen molar-refractivity contribution in [2.24, 2.45) is 5.73 Å². The van der Waals surface area contributed by atoms with Gasteiger partial charge in [0.25, 0.3) is 0 Å². The van der Waals surface area contributed by atoms with Crippen LogP contribution in [0.3, 0.4) is 0 Å². The van der Waals surface area contributed by atoms with Gasteiger partial charge in [0.1, 0.15) is 0 Å². The second-order valence-electron chi connectivity index (χ2n) is 4.63. The first kappa shape index (κ1) is 13.0. The summed E-state index contributed by atoms with van der Waals surface area (Å²) in [6.45, 7) is 1.71. The molecule has 0 fully saturated rings. The first-order chi connectivity index (χ1) is 8.15. The molecule has 4 heteroatoms. The minimum absolute atomic E-state index is 0.436. The van der Waals surface area contributed by atoms with E-state index in [-0.39, 0.29) is 0 Å². The van der Waals surface area contributed by atoms with Crippen LogP contribution in [0.5, 0.6) is 0 Å². The molecule has 0 saturated heterocycles. The van der Waals surface area contributed by atoms with Crippen LogP contribution in [0.25, 0.3) is 0 Å². The number of hydrogen-bond acceptors (Lipinski definition) is 2. The van der Waals surface area contributed by atoms with Gasteiger partial charge in [0.05, 0.1) is 10.7 Å². The van der Waals surface area contributed by atoms with Crippen LogP contribution in [0.2, 0.25) is 10.0 Å². The van der Waals surface area contributed by atoms with Crippen molar-refractivity contribution in [3.63, 3.8) is 0 Å². The van der Waals surface area contributed by atoms with Gasteiger partial charge in [-0.15, -0.1) is 0 Å². The van der Waals surface area contributed by atoms with Crippen molar-refractivity contribution in [2.75, 3.05) is 25.0 Å². The summed E-state index contributed by atoms with van der Waals surface area (Å²) < 4.78 is 0. The minimum atomic E-state index is 0.436. The van der Waals surface area contributed by atoms with E-state index in [1.54, 1.807) is 0 Å². The van der Waals surface area contributed by atoms with Crippen LogP contribution in [0.4, 0.5) is 5.69 Å². The molecule has 1 heterocycles. The maximum atomic E-state index is 6.36. The van der Waals surface area contributed by atoms with Gasteiger partial charge < -0.3 is 10.6 Å². The molecule has 0 saturated carbocycles. The summed E-state index contributed by atoms with van der Waals surface area (Å²) in [5, 5.41) is 1.60. The van der Waals surface area contributed by atoms with Crippen LogP contribution >= 0.6 is 23.2 Å². The number of nitrogens with zero attached hydrogens (tertiary/aromatic N) is 1. The zero-order chi connectivity index (χ0) is 12.4. The molecule has 0 amide bonds. The van der Waals surface area contributed by atoms with Gasteiger partial charge in [-0.2, -0.15) is 0 Å². The number of rotatable bonds is 2. The Morgan fingerprint density at radius 1 is 1.35 bits per heavy atom. The fraction of sp³-hybridized carbons (Fsp3) is 0.538. The predicted molar refractivity (Wildman–Crippen MR) is 75.4 cm³/mol. The van der Waals surface area contributed by atoms with Gasteiger partial charge in [-0.1, -0.05) is 23.2 Å². The minimum Gasteiger partial charge on any atom is -0.373 e. The molecule has 94 valence electrons. The highest BCUT2D eigenvalue weighted by atomic mass is 35.5. The number of fused-ring (bicyclic) bond motifs is 1. The third-order valence-electron chi connectivity index (χ3n) is 3.47. The Balaban J connectivity index is 2.53. The molecule has 2 nitrogen and oxygen atoms in total. The smallest absolute Gasteiger partial charge is 0.0643 e. The van der Waals surface area contributed by atoms with Crippen LogP contribution < -0.4 is 10.6 Å². The molecule has 1 atom stereocenters. The summed E-state index contributed by atoms with van der Waals surface area (Å²) in [4.78, 5) is 2.21. The summed E-state index contributed by atoms with van der Waals surface area (Å²) >= 11 is 12.7. The number of hydrogen-bond donors (Lipinski definition) is 1. The Morgan fingerprint density at radius 3 is 2.76 bits per heavy atom. The second kappa shape index (κ2) is 5.47. The Hall–Kier alpha value is -0.440. The van der Waals surface area contributed by atoms with Gasteiger partial charge in [0.2, 0.25) is 0 Å². The Bertz CT molecular complexity index is 407. The highest BCUT2D eigenvalue weighted by molar-refractivity contribution is 6.36. The predicted octanol–water partition coefficient (Wildman–Crippen LogP) is 3.66. The molecular formula is C13H18Cl2N2. The maximum absolute atomic E-state index is 6.36. The molecule has 1 aromatic rings. The van der Waals surface area contributed by atoms with Crippen molar-refractivity contribution in [2.45, 2.75) is 25.2 Å². The van der Waals surface area contributed by atoms with E-state index in [0.29, 0.717) is 12.5 Å². The molecule has 1 aliphatic heterocycles. The van der Waals surface area contributed by atoms with E-state index in [0.717, 1.165) is 41.5 Å². The van der Waals surface area contributed by atoms with Crippen molar-refractivity contribution < 1.29 is 0 Å². The van der Waals surface area contributed by atoms with Gasteiger partial charge in [-0.05, 0) is 49.4 Å². The molecule has 0 radical (unpaired) electrons. The Labute approximate surface area is 113 Å². The van der Waals surface area contributed by atoms with E-state index < -0.39 is 0 Å².